The van der Waals surface area contributed by atoms with Gasteiger partial charge in [-0.3, -0.25) is 4.98 Å². The lowest BCUT2D eigenvalue weighted by Gasteiger charge is -2.21. The van der Waals surface area contributed by atoms with Gasteiger partial charge in [-0.15, -0.1) is 0 Å². The molecule has 1 fully saturated rings. The van der Waals surface area contributed by atoms with Crippen molar-refractivity contribution in [3.05, 3.63) is 30.5 Å². The highest BCUT2D eigenvalue weighted by Crippen LogP contribution is 2.21. The predicted octanol–water partition coefficient (Wildman–Crippen LogP) is 0.948. The second-order valence-corrected chi connectivity index (χ2v) is 8.08. The van der Waals surface area contributed by atoms with E-state index in [0.29, 0.717) is 19.0 Å². The van der Waals surface area contributed by atoms with Crippen LogP contribution in [0.4, 0.5) is 5.82 Å². The molecular weight excluding hydrogens is 316 g/mol. The Morgan fingerprint density at radius 1 is 1.26 bits per heavy atom. The first kappa shape index (κ1) is 16.1. The van der Waals surface area contributed by atoms with Crippen molar-refractivity contribution in [3.63, 3.8) is 0 Å². The van der Waals surface area contributed by atoms with Crippen LogP contribution in [0.15, 0.2) is 30.5 Å². The molecule has 124 valence electrons. The zero-order valence-corrected chi connectivity index (χ0v) is 14.0. The Bertz CT molecular complexity index is 794. The first-order valence-electron chi connectivity index (χ1n) is 7.42. The van der Waals surface area contributed by atoms with E-state index in [-0.39, 0.29) is 17.7 Å². The summed E-state index contributed by atoms with van der Waals surface area (Å²) in [7, 11) is -0.176. The molecule has 1 N–H and O–H groups in total. The van der Waals surface area contributed by atoms with E-state index in [2.05, 4.69) is 15.3 Å². The lowest BCUT2D eigenvalue weighted by molar-refractivity contribution is 0.187. The monoisotopic (exact) mass is 336 g/mol. The number of benzene rings is 1. The van der Waals surface area contributed by atoms with Gasteiger partial charge in [0.2, 0.25) is 10.0 Å². The molecule has 1 saturated heterocycles. The summed E-state index contributed by atoms with van der Waals surface area (Å²) in [5, 5.41) is 3.26. The molecule has 1 aromatic carbocycles. The summed E-state index contributed by atoms with van der Waals surface area (Å²) in [5.74, 6) is 0.570. The average Bonchev–Trinajstić information content (AvgIpc) is 2.93. The molecule has 7 nitrogen and oxygen atoms in total. The largest absolute Gasteiger partial charge is 0.379 e. The second kappa shape index (κ2) is 6.38. The van der Waals surface area contributed by atoms with E-state index in [9.17, 15) is 8.42 Å². The molecule has 1 aliphatic heterocycles. The fraction of sp³-hybridized carbons (Fsp3) is 0.467. The summed E-state index contributed by atoms with van der Waals surface area (Å²) in [6.07, 6.45) is 1.66. The topological polar surface area (TPSA) is 84.4 Å². The maximum atomic E-state index is 12.1. The van der Waals surface area contributed by atoms with Gasteiger partial charge in [0, 0.05) is 20.0 Å². The Morgan fingerprint density at radius 2 is 2.00 bits per heavy atom. The smallest absolute Gasteiger partial charge is 0.214 e. The summed E-state index contributed by atoms with van der Waals surface area (Å²) in [6.45, 7) is 0.883. The van der Waals surface area contributed by atoms with E-state index in [1.165, 1.54) is 4.31 Å². The van der Waals surface area contributed by atoms with Gasteiger partial charge in [0.25, 0.3) is 0 Å². The van der Waals surface area contributed by atoms with Crippen LogP contribution in [0.5, 0.6) is 0 Å². The number of hydrogen-bond acceptors (Lipinski definition) is 6. The molecule has 1 aromatic heterocycles. The lowest BCUT2D eigenvalue weighted by Crippen LogP contribution is -2.37. The second-order valence-electron chi connectivity index (χ2n) is 5.85. The number of anilines is 1. The third-order valence-electron chi connectivity index (χ3n) is 3.96. The van der Waals surface area contributed by atoms with Crippen molar-refractivity contribution in [1.82, 2.24) is 14.3 Å². The molecular formula is C15H20N4O3S. The molecule has 8 heteroatoms. The van der Waals surface area contributed by atoms with Crippen molar-refractivity contribution >= 4 is 26.9 Å². The summed E-state index contributed by atoms with van der Waals surface area (Å²) < 4.78 is 30.9. The predicted molar refractivity (Wildman–Crippen MR) is 88.7 cm³/mol. The summed E-state index contributed by atoms with van der Waals surface area (Å²) in [5.41, 5.74) is 1.63. The fourth-order valence-electron chi connectivity index (χ4n) is 2.56. The Labute approximate surface area is 135 Å². The summed E-state index contributed by atoms with van der Waals surface area (Å²) >= 11 is 0. The van der Waals surface area contributed by atoms with E-state index < -0.39 is 10.0 Å². The van der Waals surface area contributed by atoms with Gasteiger partial charge in [-0.05, 0) is 12.1 Å². The molecule has 2 aromatic rings. The van der Waals surface area contributed by atoms with Crippen molar-refractivity contribution < 1.29 is 13.2 Å². The first-order chi connectivity index (χ1) is 11.0. The van der Waals surface area contributed by atoms with Crippen LogP contribution < -0.4 is 5.32 Å². The molecule has 2 heterocycles. The zero-order chi connectivity index (χ0) is 16.4. The van der Waals surface area contributed by atoms with Gasteiger partial charge in [-0.2, -0.15) is 0 Å². The molecule has 0 spiro atoms. The quantitative estimate of drug-likeness (QED) is 0.875. The zero-order valence-electron chi connectivity index (χ0n) is 13.1. The van der Waals surface area contributed by atoms with Crippen LogP contribution in [0.2, 0.25) is 0 Å². The fourth-order valence-corrected chi connectivity index (χ4v) is 3.73. The third-order valence-corrected chi connectivity index (χ3v) is 5.92. The Hall–Kier alpha value is -1.77. The Morgan fingerprint density at radius 3 is 2.74 bits per heavy atom. The highest BCUT2D eigenvalue weighted by molar-refractivity contribution is 7.89. The highest BCUT2D eigenvalue weighted by atomic mass is 32.2. The Kier molecular flexibility index (Phi) is 4.47. The van der Waals surface area contributed by atoms with Crippen LogP contribution >= 0.6 is 0 Å². The van der Waals surface area contributed by atoms with Crippen LogP contribution in [0.1, 0.15) is 0 Å². The minimum absolute atomic E-state index is 0.0542. The van der Waals surface area contributed by atoms with Gasteiger partial charge in [0.05, 0.1) is 42.2 Å². The molecule has 0 radical (unpaired) electrons. The van der Waals surface area contributed by atoms with Crippen LogP contribution in [0.25, 0.3) is 11.0 Å². The third kappa shape index (κ3) is 3.60. The van der Waals surface area contributed by atoms with Gasteiger partial charge in [0.1, 0.15) is 5.82 Å². The Balaban J connectivity index is 1.75. The standard InChI is InChI=1S/C15H20N4O3S/c1-19(2)23(20,21)10-11-8-22-9-14(11)18-15-7-16-12-5-3-4-6-13(12)17-15/h3-7,11,14H,8-10H2,1-2H3,(H,17,18). The summed E-state index contributed by atoms with van der Waals surface area (Å²) in [4.78, 5) is 8.87. The molecule has 2 unspecified atom stereocenters. The normalized spacial score (nSPS) is 21.9. The number of fused-ring (bicyclic) bond motifs is 1. The van der Waals surface area contributed by atoms with E-state index in [1.807, 2.05) is 24.3 Å². The number of aromatic nitrogens is 2. The van der Waals surface area contributed by atoms with Crippen molar-refractivity contribution in [2.75, 3.05) is 38.4 Å². The summed E-state index contributed by atoms with van der Waals surface area (Å²) in [6, 6.07) is 7.52. The SMILES string of the molecule is CN(C)S(=O)(=O)CC1COCC1Nc1cnc2ccccc2n1. The number of rotatable bonds is 5. The van der Waals surface area contributed by atoms with Crippen LogP contribution in [0.3, 0.4) is 0 Å². The molecule has 0 bridgehead atoms. The highest BCUT2D eigenvalue weighted by Gasteiger charge is 2.33. The van der Waals surface area contributed by atoms with Gasteiger partial charge in [-0.25, -0.2) is 17.7 Å². The maximum Gasteiger partial charge on any atom is 0.214 e. The molecule has 0 saturated carbocycles. The van der Waals surface area contributed by atoms with E-state index in [1.54, 1.807) is 20.3 Å². The minimum atomic E-state index is -3.26. The number of para-hydroxylation sites is 2. The first-order valence-corrected chi connectivity index (χ1v) is 9.03. The molecule has 1 aliphatic rings. The van der Waals surface area contributed by atoms with Crippen molar-refractivity contribution in [3.8, 4) is 0 Å². The van der Waals surface area contributed by atoms with Crippen LogP contribution in [-0.2, 0) is 14.8 Å². The van der Waals surface area contributed by atoms with E-state index >= 15 is 0 Å². The molecule has 0 aliphatic carbocycles. The average molecular weight is 336 g/mol. The maximum absolute atomic E-state index is 12.1. The van der Waals surface area contributed by atoms with E-state index in [4.69, 9.17) is 4.74 Å². The number of ether oxygens (including phenoxy) is 1. The van der Waals surface area contributed by atoms with Crippen molar-refractivity contribution in [2.45, 2.75) is 6.04 Å². The van der Waals surface area contributed by atoms with Gasteiger partial charge in [-0.1, -0.05) is 12.1 Å². The van der Waals surface area contributed by atoms with Crippen LogP contribution in [0, 0.1) is 5.92 Å². The number of hydrogen-bond donors (Lipinski definition) is 1. The minimum Gasteiger partial charge on any atom is -0.379 e. The van der Waals surface area contributed by atoms with E-state index in [0.717, 1.165) is 11.0 Å². The van der Waals surface area contributed by atoms with Gasteiger partial charge < -0.3 is 10.1 Å². The molecule has 0 amide bonds. The van der Waals surface area contributed by atoms with Gasteiger partial charge in [0.15, 0.2) is 0 Å². The number of nitrogens with one attached hydrogen (secondary N) is 1. The lowest BCUT2D eigenvalue weighted by atomic mass is 10.1. The molecule has 2 atom stereocenters. The van der Waals surface area contributed by atoms with Crippen molar-refractivity contribution in [1.29, 1.82) is 0 Å². The van der Waals surface area contributed by atoms with Crippen molar-refractivity contribution in [2.24, 2.45) is 5.92 Å². The van der Waals surface area contributed by atoms with Crippen LogP contribution in [-0.4, -0.2) is 61.8 Å². The molecule has 23 heavy (non-hydrogen) atoms. The number of nitrogens with zero attached hydrogens (tertiary/aromatic N) is 3. The molecule has 3 rings (SSSR count). The number of sulfonamides is 1. The van der Waals surface area contributed by atoms with Gasteiger partial charge >= 0.3 is 0 Å².